The van der Waals surface area contributed by atoms with E-state index in [0.717, 1.165) is 37.8 Å². The summed E-state index contributed by atoms with van der Waals surface area (Å²) in [4.78, 5) is 25.2. The van der Waals surface area contributed by atoms with E-state index in [1.165, 1.54) is 0 Å². The number of amides is 1. The predicted octanol–water partition coefficient (Wildman–Crippen LogP) is 4.82. The quantitative estimate of drug-likeness (QED) is 0.300. The van der Waals surface area contributed by atoms with Crippen LogP contribution in [-0.2, 0) is 4.79 Å². The van der Waals surface area contributed by atoms with Crippen LogP contribution in [0.4, 0.5) is 26.4 Å². The zero-order chi connectivity index (χ0) is 25.8. The molecule has 5 N–H and O–H groups in total. The highest BCUT2D eigenvalue weighted by Gasteiger charge is 2.25. The maximum Gasteiger partial charge on any atom is 0.224 e. The number of primary amides is 1. The number of hydrogen-bond donors (Lipinski definition) is 4. The van der Waals surface area contributed by atoms with Crippen molar-refractivity contribution in [2.24, 2.45) is 5.73 Å². The molecule has 0 saturated heterocycles. The third kappa shape index (κ3) is 6.01. The van der Waals surface area contributed by atoms with Gasteiger partial charge < -0.3 is 21.5 Å². The fourth-order valence-corrected chi connectivity index (χ4v) is 4.93. The monoisotopic (exact) mass is 521 g/mol. The molecule has 3 aromatic rings. The van der Waals surface area contributed by atoms with Crippen molar-refractivity contribution in [1.82, 2.24) is 19.5 Å². The van der Waals surface area contributed by atoms with Crippen LogP contribution in [0.3, 0.4) is 0 Å². The molecule has 194 valence electrons. The van der Waals surface area contributed by atoms with Crippen molar-refractivity contribution in [3.05, 3.63) is 35.0 Å². The van der Waals surface area contributed by atoms with Crippen LogP contribution in [0.2, 0.25) is 5.02 Å². The molecular weight excluding hydrogens is 492 g/mol. The van der Waals surface area contributed by atoms with Crippen molar-refractivity contribution in [2.75, 3.05) is 10.6 Å². The number of nitrogens with two attached hydrogens (primary N) is 1. The number of carbonyl (C=O) groups excluding carboxylic acids is 1. The number of nitrogens with one attached hydrogen (secondary N) is 2. The molecule has 4 rings (SSSR count). The van der Waals surface area contributed by atoms with Crippen molar-refractivity contribution in [3.8, 4) is 0 Å². The summed E-state index contributed by atoms with van der Waals surface area (Å²) in [5.41, 5.74) is 6.23. The second kappa shape index (κ2) is 11.3. The highest BCUT2D eigenvalue weighted by molar-refractivity contribution is 6.33. The van der Waals surface area contributed by atoms with Gasteiger partial charge in [-0.15, -0.1) is 0 Å². The molecular formula is C24H30ClF2N7O2. The molecule has 1 aliphatic carbocycles. The predicted molar refractivity (Wildman–Crippen MR) is 134 cm³/mol. The number of anilines is 3. The fourth-order valence-electron chi connectivity index (χ4n) is 4.69. The van der Waals surface area contributed by atoms with Crippen molar-refractivity contribution < 1.29 is 18.7 Å². The second-order valence-corrected chi connectivity index (χ2v) is 9.59. The van der Waals surface area contributed by atoms with E-state index >= 15 is 0 Å². The first-order valence-corrected chi connectivity index (χ1v) is 12.5. The number of benzene rings is 1. The molecule has 1 aromatic carbocycles. The number of halogens is 3. The maximum atomic E-state index is 14.6. The van der Waals surface area contributed by atoms with Crippen molar-refractivity contribution in [3.63, 3.8) is 0 Å². The number of nitrogens with zero attached hydrogens (tertiary/aromatic N) is 4. The Hall–Kier alpha value is -3.05. The number of carbonyl (C=O) groups is 1. The zero-order valence-corrected chi connectivity index (χ0v) is 20.7. The van der Waals surface area contributed by atoms with Gasteiger partial charge in [-0.2, -0.15) is 4.98 Å². The van der Waals surface area contributed by atoms with Gasteiger partial charge in [0, 0.05) is 24.6 Å². The first-order chi connectivity index (χ1) is 17.2. The summed E-state index contributed by atoms with van der Waals surface area (Å²) in [6.45, 7) is 2.01. The number of fused-ring (bicyclic) bond motifs is 1. The van der Waals surface area contributed by atoms with E-state index in [2.05, 4.69) is 20.6 Å². The van der Waals surface area contributed by atoms with E-state index in [-0.39, 0.29) is 41.3 Å². The summed E-state index contributed by atoms with van der Waals surface area (Å²) in [7, 11) is 0. The Balaban J connectivity index is 1.77. The number of aliphatic hydroxyl groups is 1. The largest absolute Gasteiger partial charge is 0.393 e. The Bertz CT molecular complexity index is 1220. The summed E-state index contributed by atoms with van der Waals surface area (Å²) in [5, 5.41) is 16.1. The van der Waals surface area contributed by atoms with Crippen LogP contribution in [0.25, 0.3) is 11.2 Å². The van der Waals surface area contributed by atoms with Crippen molar-refractivity contribution in [1.29, 1.82) is 0 Å². The SMILES string of the molecule is CCC[C@@H](CCC(N)=O)n1c(Nc2c(F)cc(F)cc2Cl)nc2cnc(N[C@@H]3CCC[C@H](O)C3)nc21. The highest BCUT2D eigenvalue weighted by Crippen LogP contribution is 2.34. The summed E-state index contributed by atoms with van der Waals surface area (Å²) >= 11 is 6.13. The van der Waals surface area contributed by atoms with E-state index < -0.39 is 17.5 Å². The maximum absolute atomic E-state index is 14.6. The van der Waals surface area contributed by atoms with E-state index in [0.29, 0.717) is 36.4 Å². The smallest absolute Gasteiger partial charge is 0.224 e. The highest BCUT2D eigenvalue weighted by atomic mass is 35.5. The summed E-state index contributed by atoms with van der Waals surface area (Å²) < 4.78 is 30.0. The molecule has 0 bridgehead atoms. The molecule has 1 saturated carbocycles. The third-order valence-electron chi connectivity index (χ3n) is 6.37. The van der Waals surface area contributed by atoms with Gasteiger partial charge in [-0.25, -0.2) is 18.7 Å². The molecule has 0 unspecified atom stereocenters. The number of aromatic nitrogens is 4. The summed E-state index contributed by atoms with van der Waals surface area (Å²) in [6, 6.07) is 1.54. The molecule has 12 heteroatoms. The van der Waals surface area contributed by atoms with Crippen LogP contribution in [0, 0.1) is 11.6 Å². The van der Waals surface area contributed by atoms with Crippen LogP contribution < -0.4 is 16.4 Å². The number of hydrogen-bond acceptors (Lipinski definition) is 7. The first kappa shape index (κ1) is 26.0. The first-order valence-electron chi connectivity index (χ1n) is 12.1. The van der Waals surface area contributed by atoms with Crippen LogP contribution in [0.15, 0.2) is 18.3 Å². The molecule has 0 aliphatic heterocycles. The third-order valence-corrected chi connectivity index (χ3v) is 6.67. The van der Waals surface area contributed by atoms with Gasteiger partial charge in [0.15, 0.2) is 11.5 Å². The number of rotatable bonds is 10. The molecule has 1 amide bonds. The number of aliphatic hydroxyl groups excluding tert-OH is 1. The molecule has 9 nitrogen and oxygen atoms in total. The fraction of sp³-hybridized carbons (Fsp3) is 0.500. The standard InChI is InChI=1S/C24H30ClF2N7O2/c1-2-4-15(7-8-20(28)36)34-22-19(12-29-23(33-22)30-14-5-3-6-16(35)11-14)31-24(34)32-21-17(25)9-13(26)10-18(21)27/h9-10,12,14-16,35H,2-8,11H2,1H3,(H2,28,36)(H,31,32)(H,29,30,33)/t14-,15+,16+/m1/s1. The number of imidazole rings is 1. The van der Waals surface area contributed by atoms with Gasteiger partial charge in [0.1, 0.15) is 11.3 Å². The van der Waals surface area contributed by atoms with Gasteiger partial charge in [0.25, 0.3) is 0 Å². The van der Waals surface area contributed by atoms with Crippen molar-refractivity contribution in [2.45, 2.75) is 76.5 Å². The van der Waals surface area contributed by atoms with Gasteiger partial charge in [-0.05, 0) is 44.6 Å². The van der Waals surface area contributed by atoms with Crippen LogP contribution in [0.5, 0.6) is 0 Å². The van der Waals surface area contributed by atoms with Crippen LogP contribution in [0.1, 0.15) is 64.3 Å². The van der Waals surface area contributed by atoms with Gasteiger partial charge >= 0.3 is 0 Å². The zero-order valence-electron chi connectivity index (χ0n) is 20.0. The minimum atomic E-state index is -0.868. The lowest BCUT2D eigenvalue weighted by molar-refractivity contribution is -0.118. The normalized spacial score (nSPS) is 18.8. The minimum Gasteiger partial charge on any atom is -0.393 e. The Morgan fingerprint density at radius 2 is 2.11 bits per heavy atom. The molecule has 2 aromatic heterocycles. The van der Waals surface area contributed by atoms with Gasteiger partial charge in [-0.1, -0.05) is 24.9 Å². The lowest BCUT2D eigenvalue weighted by atomic mass is 9.93. The summed E-state index contributed by atoms with van der Waals surface area (Å²) in [6.07, 6.45) is 6.42. The molecule has 1 aliphatic rings. The summed E-state index contributed by atoms with van der Waals surface area (Å²) in [5.74, 6) is -1.48. The minimum absolute atomic E-state index is 0.0357. The van der Waals surface area contributed by atoms with E-state index in [1.54, 1.807) is 10.8 Å². The molecule has 36 heavy (non-hydrogen) atoms. The van der Waals surface area contributed by atoms with Gasteiger partial charge in [0.2, 0.25) is 17.8 Å². The molecule has 0 radical (unpaired) electrons. The van der Waals surface area contributed by atoms with Crippen LogP contribution >= 0.6 is 11.6 Å². The van der Waals surface area contributed by atoms with Crippen molar-refractivity contribution >= 4 is 46.3 Å². The Morgan fingerprint density at radius 3 is 2.81 bits per heavy atom. The van der Waals surface area contributed by atoms with E-state index in [1.807, 2.05) is 6.92 Å². The molecule has 3 atom stereocenters. The van der Waals surface area contributed by atoms with E-state index in [4.69, 9.17) is 22.3 Å². The van der Waals surface area contributed by atoms with Crippen LogP contribution in [-0.4, -0.2) is 42.7 Å². The molecule has 2 heterocycles. The average Bonchev–Trinajstić information content (AvgIpc) is 3.16. The lowest BCUT2D eigenvalue weighted by Crippen LogP contribution is -2.30. The average molecular weight is 522 g/mol. The Labute approximate surface area is 212 Å². The van der Waals surface area contributed by atoms with Gasteiger partial charge in [0.05, 0.1) is 23.0 Å². The lowest BCUT2D eigenvalue weighted by Gasteiger charge is -2.26. The molecule has 1 fully saturated rings. The van der Waals surface area contributed by atoms with E-state index in [9.17, 15) is 18.7 Å². The Kier molecular flexibility index (Phi) is 8.20. The topological polar surface area (TPSA) is 131 Å². The second-order valence-electron chi connectivity index (χ2n) is 9.19. The molecule has 0 spiro atoms. The Morgan fingerprint density at radius 1 is 1.31 bits per heavy atom. The van der Waals surface area contributed by atoms with Gasteiger partial charge in [-0.3, -0.25) is 9.36 Å².